The lowest BCUT2D eigenvalue weighted by Gasteiger charge is -2.32. The highest BCUT2D eigenvalue weighted by Crippen LogP contribution is 2.21. The fraction of sp³-hybridized carbons (Fsp3) is 0.562. The van der Waals surface area contributed by atoms with Crippen LogP contribution in [-0.4, -0.2) is 81.8 Å². The van der Waals surface area contributed by atoms with Crippen molar-refractivity contribution in [1.29, 1.82) is 0 Å². The van der Waals surface area contributed by atoms with Gasteiger partial charge < -0.3 is 15.1 Å². The van der Waals surface area contributed by atoms with Crippen molar-refractivity contribution in [3.63, 3.8) is 0 Å². The molecule has 7 nitrogen and oxygen atoms in total. The van der Waals surface area contributed by atoms with Crippen LogP contribution in [-0.2, 0) is 16.6 Å². The lowest BCUT2D eigenvalue weighted by molar-refractivity contribution is 0.222. The largest absolute Gasteiger partial charge is 0.352 e. The Hall–Kier alpha value is -0.910. The quantitative estimate of drug-likeness (QED) is 0.642. The molecule has 0 bridgehead atoms. The van der Waals surface area contributed by atoms with E-state index in [2.05, 4.69) is 15.2 Å². The van der Waals surface area contributed by atoms with Crippen LogP contribution in [0.3, 0.4) is 0 Å². The highest BCUT2D eigenvalue weighted by Gasteiger charge is 2.29. The second-order valence-electron chi connectivity index (χ2n) is 6.30. The number of nitrogens with one attached hydrogen (secondary N) is 1. The Morgan fingerprint density at radius 1 is 1.08 bits per heavy atom. The first-order valence-electron chi connectivity index (χ1n) is 8.24. The summed E-state index contributed by atoms with van der Waals surface area (Å²) in [6.07, 6.45) is 0. The third kappa shape index (κ3) is 4.63. The third-order valence-corrected chi connectivity index (χ3v) is 6.55. The predicted molar refractivity (Wildman–Crippen MR) is 110 cm³/mol. The van der Waals surface area contributed by atoms with Crippen molar-refractivity contribution in [2.45, 2.75) is 11.4 Å². The van der Waals surface area contributed by atoms with Crippen LogP contribution in [0.2, 0.25) is 0 Å². The molecule has 0 unspecified atom stereocenters. The predicted octanol–water partition coefficient (Wildman–Crippen LogP) is 0.632. The average molecular weight is 479 g/mol. The van der Waals surface area contributed by atoms with Crippen LogP contribution in [0.5, 0.6) is 0 Å². The maximum Gasteiger partial charge on any atom is 0.243 e. The molecule has 1 fully saturated rings. The fourth-order valence-electron chi connectivity index (χ4n) is 2.97. The molecule has 0 aliphatic carbocycles. The van der Waals surface area contributed by atoms with E-state index in [9.17, 15) is 8.42 Å². The second-order valence-corrected chi connectivity index (χ2v) is 8.20. The van der Waals surface area contributed by atoms with Gasteiger partial charge in [-0.1, -0.05) is 18.2 Å². The van der Waals surface area contributed by atoms with Gasteiger partial charge in [0.05, 0.1) is 11.4 Å². The van der Waals surface area contributed by atoms with Crippen LogP contribution < -0.4 is 5.32 Å². The topological polar surface area (TPSA) is 68.2 Å². The molecule has 9 heteroatoms. The molecule has 2 heterocycles. The highest BCUT2D eigenvalue weighted by atomic mass is 127. The smallest absolute Gasteiger partial charge is 0.243 e. The molecule has 140 valence electrons. The number of halogens is 1. The first-order valence-corrected chi connectivity index (χ1v) is 9.68. The zero-order valence-corrected chi connectivity index (χ0v) is 17.8. The Labute approximate surface area is 167 Å². The standard InChI is InChI=1S/C16H25N5O2S.HI/c1-19-9-11-21(12-10-19)24(22,23)15-6-4-3-5-14(15)13-18-16-17-7-8-20(16)2;/h3-6H,7-13H2,1-2H3,(H,17,18);1H. The number of likely N-dealkylation sites (N-methyl/N-ethyl adjacent to an activating group) is 2. The first-order chi connectivity index (χ1) is 11.5. The minimum absolute atomic E-state index is 0. The molecule has 1 N–H and O–H groups in total. The van der Waals surface area contributed by atoms with Crippen molar-refractivity contribution < 1.29 is 8.42 Å². The number of hydrogen-bond donors (Lipinski definition) is 1. The Kier molecular flexibility index (Phi) is 7.06. The number of nitrogens with zero attached hydrogens (tertiary/aromatic N) is 4. The van der Waals surface area contributed by atoms with Gasteiger partial charge in [-0.3, -0.25) is 4.99 Å². The number of rotatable bonds is 4. The Bertz CT molecular complexity index is 717. The second kappa shape index (κ2) is 8.65. The normalized spacial score (nSPS) is 19.4. The van der Waals surface area contributed by atoms with Crippen molar-refractivity contribution in [1.82, 2.24) is 19.4 Å². The minimum Gasteiger partial charge on any atom is -0.352 e. The Morgan fingerprint density at radius 2 is 1.76 bits per heavy atom. The molecule has 0 radical (unpaired) electrons. The summed E-state index contributed by atoms with van der Waals surface area (Å²) in [4.78, 5) is 8.97. The number of guanidine groups is 1. The van der Waals surface area contributed by atoms with Gasteiger partial charge in [-0.2, -0.15) is 4.31 Å². The number of piperazine rings is 1. The van der Waals surface area contributed by atoms with Gasteiger partial charge in [0, 0.05) is 46.3 Å². The molecule has 0 atom stereocenters. The number of hydrogen-bond acceptors (Lipinski definition) is 6. The van der Waals surface area contributed by atoms with Crippen molar-refractivity contribution in [2.24, 2.45) is 4.99 Å². The van der Waals surface area contributed by atoms with Crippen LogP contribution in [0.25, 0.3) is 0 Å². The fourth-order valence-corrected chi connectivity index (χ4v) is 4.61. The van der Waals surface area contributed by atoms with E-state index in [1.54, 1.807) is 16.4 Å². The molecule has 1 aromatic rings. The summed E-state index contributed by atoms with van der Waals surface area (Å²) >= 11 is 0. The maximum absolute atomic E-state index is 13.0. The van der Waals surface area contributed by atoms with Gasteiger partial charge in [0.1, 0.15) is 0 Å². The van der Waals surface area contributed by atoms with Crippen LogP contribution in [0.1, 0.15) is 5.56 Å². The average Bonchev–Trinajstić information content (AvgIpc) is 2.99. The highest BCUT2D eigenvalue weighted by molar-refractivity contribution is 14.0. The van der Waals surface area contributed by atoms with Crippen LogP contribution in [0.4, 0.5) is 0 Å². The van der Waals surface area contributed by atoms with Crippen molar-refractivity contribution >= 4 is 40.0 Å². The monoisotopic (exact) mass is 479 g/mol. The summed E-state index contributed by atoms with van der Waals surface area (Å²) < 4.78 is 27.6. The molecule has 3 rings (SSSR count). The van der Waals surface area contributed by atoms with Crippen molar-refractivity contribution in [2.75, 3.05) is 53.4 Å². The third-order valence-electron chi connectivity index (χ3n) is 4.55. The van der Waals surface area contributed by atoms with E-state index in [-0.39, 0.29) is 24.0 Å². The molecule has 0 aromatic heterocycles. The number of benzene rings is 1. The molecular weight excluding hydrogens is 453 g/mol. The van der Waals surface area contributed by atoms with Gasteiger partial charge in [0.2, 0.25) is 10.0 Å². The molecule has 0 amide bonds. The molecule has 1 aromatic carbocycles. The minimum atomic E-state index is -3.46. The van der Waals surface area contributed by atoms with Gasteiger partial charge in [-0.15, -0.1) is 24.0 Å². The van der Waals surface area contributed by atoms with Crippen molar-refractivity contribution in [3.8, 4) is 0 Å². The van der Waals surface area contributed by atoms with Crippen LogP contribution >= 0.6 is 24.0 Å². The molecule has 0 spiro atoms. The van der Waals surface area contributed by atoms with E-state index < -0.39 is 10.0 Å². The lowest BCUT2D eigenvalue weighted by atomic mass is 10.2. The summed E-state index contributed by atoms with van der Waals surface area (Å²) in [6, 6.07) is 7.22. The molecule has 2 aliphatic heterocycles. The van der Waals surface area contributed by atoms with E-state index in [0.29, 0.717) is 24.5 Å². The van der Waals surface area contributed by atoms with Gasteiger partial charge in [-0.25, -0.2) is 8.42 Å². The Balaban J connectivity index is 0.00000225. The lowest BCUT2D eigenvalue weighted by Crippen LogP contribution is -2.47. The summed E-state index contributed by atoms with van der Waals surface area (Å²) in [6.45, 7) is 4.73. The summed E-state index contributed by atoms with van der Waals surface area (Å²) in [7, 11) is 0.530. The van der Waals surface area contributed by atoms with Gasteiger partial charge in [0.25, 0.3) is 0 Å². The molecular formula is C16H26IN5O2S. The van der Waals surface area contributed by atoms with Gasteiger partial charge in [-0.05, 0) is 18.7 Å². The Morgan fingerprint density at radius 3 is 2.40 bits per heavy atom. The summed E-state index contributed by atoms with van der Waals surface area (Å²) in [5, 5.41) is 3.25. The zero-order valence-electron chi connectivity index (χ0n) is 14.7. The zero-order chi connectivity index (χ0) is 17.2. The molecule has 2 aliphatic rings. The van der Waals surface area contributed by atoms with E-state index >= 15 is 0 Å². The first kappa shape index (κ1) is 20.4. The molecule has 25 heavy (non-hydrogen) atoms. The van der Waals surface area contributed by atoms with E-state index in [4.69, 9.17) is 0 Å². The van der Waals surface area contributed by atoms with Crippen LogP contribution in [0.15, 0.2) is 34.2 Å². The number of aliphatic imine (C=N–C) groups is 1. The summed E-state index contributed by atoms with van der Waals surface area (Å²) in [5.41, 5.74) is 0.777. The summed E-state index contributed by atoms with van der Waals surface area (Å²) in [5.74, 6) is 0.821. The van der Waals surface area contributed by atoms with E-state index in [1.165, 1.54) is 0 Å². The van der Waals surface area contributed by atoms with Crippen LogP contribution in [0, 0.1) is 0 Å². The molecule has 1 saturated heterocycles. The van der Waals surface area contributed by atoms with E-state index in [0.717, 1.165) is 37.7 Å². The number of sulfonamides is 1. The van der Waals surface area contributed by atoms with Gasteiger partial charge in [0.15, 0.2) is 5.96 Å². The van der Waals surface area contributed by atoms with Gasteiger partial charge >= 0.3 is 0 Å². The van der Waals surface area contributed by atoms with E-state index in [1.807, 2.05) is 31.1 Å². The van der Waals surface area contributed by atoms with Crippen molar-refractivity contribution in [3.05, 3.63) is 29.8 Å². The molecule has 0 saturated carbocycles. The SMILES string of the molecule is CN1CCN(S(=O)(=O)c2ccccc2CNC2=NCCN2C)CC1.I. The maximum atomic E-state index is 13.0.